The summed E-state index contributed by atoms with van der Waals surface area (Å²) in [7, 11) is 0. The van der Waals surface area contributed by atoms with Crippen LogP contribution in [-0.2, 0) is 19.1 Å². The van der Waals surface area contributed by atoms with Crippen molar-refractivity contribution < 1.29 is 19.1 Å². The van der Waals surface area contributed by atoms with Gasteiger partial charge in [-0.2, -0.15) is 0 Å². The van der Waals surface area contributed by atoms with E-state index in [1.54, 1.807) is 32.6 Å². The van der Waals surface area contributed by atoms with Crippen LogP contribution in [0.1, 0.15) is 91.1 Å². The topological polar surface area (TPSA) is 0 Å². The SMILES string of the molecule is CCC[CH2][Hf]([CH2]CCCC1C(CC)=Cc2cc(-c3ccccc3)ccc21)([CH]1C(C)=Cc2c1ccc1ccccc21)[Si](c1ccccc1)c1ccccc1. The van der Waals surface area contributed by atoms with E-state index in [0.29, 0.717) is 9.59 Å². The van der Waals surface area contributed by atoms with Crippen LogP contribution in [-0.4, -0.2) is 5.98 Å². The third-order valence-electron chi connectivity index (χ3n) is 12.4. The zero-order valence-corrected chi connectivity index (χ0v) is 36.4. The molecule has 2 aliphatic carbocycles. The Labute approximate surface area is 323 Å². The summed E-state index contributed by atoms with van der Waals surface area (Å²) >= 11 is -3.43. The first kappa shape index (κ1) is 36.1. The van der Waals surface area contributed by atoms with Gasteiger partial charge in [-0.15, -0.1) is 0 Å². The normalized spacial score (nSPS) is 17.4. The van der Waals surface area contributed by atoms with E-state index in [9.17, 15) is 0 Å². The van der Waals surface area contributed by atoms with Gasteiger partial charge in [0.1, 0.15) is 0 Å². The molecule has 0 saturated carbocycles. The van der Waals surface area contributed by atoms with E-state index in [2.05, 4.69) is 179 Å². The van der Waals surface area contributed by atoms with E-state index in [1.807, 2.05) is 0 Å². The number of hydrogen-bond donors (Lipinski definition) is 0. The molecular weight excluding hydrogens is 819 g/mol. The summed E-state index contributed by atoms with van der Waals surface area (Å²) in [6.07, 6.45) is 12.8. The molecule has 0 aliphatic heterocycles. The minimum absolute atomic E-state index is 0.551. The van der Waals surface area contributed by atoms with Crippen LogP contribution < -0.4 is 10.4 Å². The number of allylic oxidation sites excluding steroid dienone is 2. The van der Waals surface area contributed by atoms with Crippen molar-refractivity contribution in [3.05, 3.63) is 179 Å². The van der Waals surface area contributed by atoms with Gasteiger partial charge in [0.2, 0.25) is 0 Å². The Morgan fingerprint density at radius 2 is 1.23 bits per heavy atom. The maximum absolute atomic E-state index is 3.43. The van der Waals surface area contributed by atoms with E-state index >= 15 is 0 Å². The van der Waals surface area contributed by atoms with Crippen molar-refractivity contribution in [1.82, 2.24) is 0 Å². The second-order valence-corrected chi connectivity index (χ2v) is 45.0. The fourth-order valence-corrected chi connectivity index (χ4v) is 60.1. The molecule has 0 spiro atoms. The Kier molecular flexibility index (Phi) is 11.1. The third-order valence-corrected chi connectivity index (χ3v) is 54.3. The van der Waals surface area contributed by atoms with Crippen LogP contribution in [0.3, 0.4) is 0 Å². The van der Waals surface area contributed by atoms with Gasteiger partial charge in [0.25, 0.3) is 0 Å². The molecule has 53 heavy (non-hydrogen) atoms. The zero-order chi connectivity index (χ0) is 36.2. The van der Waals surface area contributed by atoms with Gasteiger partial charge in [0.05, 0.1) is 0 Å². The van der Waals surface area contributed by atoms with Gasteiger partial charge in [-0.1, -0.05) is 6.07 Å². The molecule has 0 aromatic heterocycles. The van der Waals surface area contributed by atoms with Gasteiger partial charge in [0.15, 0.2) is 0 Å². The van der Waals surface area contributed by atoms with Crippen LogP contribution >= 0.6 is 0 Å². The number of fused-ring (bicyclic) bond motifs is 4. The Bertz CT molecular complexity index is 2200. The molecule has 0 heterocycles. The van der Waals surface area contributed by atoms with Crippen LogP contribution in [0, 0.1) is 0 Å². The molecule has 0 saturated heterocycles. The van der Waals surface area contributed by atoms with Gasteiger partial charge in [-0.05, 0) is 0 Å². The van der Waals surface area contributed by atoms with Crippen molar-refractivity contribution >= 4 is 39.3 Å². The molecular formula is C51H53HfSi. The number of rotatable bonds is 14. The van der Waals surface area contributed by atoms with Crippen LogP contribution in [0.4, 0.5) is 0 Å². The van der Waals surface area contributed by atoms with E-state index in [4.69, 9.17) is 0 Å². The monoisotopic (exact) mass is 873 g/mol. The number of benzene rings is 6. The van der Waals surface area contributed by atoms with Gasteiger partial charge in [0, 0.05) is 0 Å². The Morgan fingerprint density at radius 3 is 1.92 bits per heavy atom. The van der Waals surface area contributed by atoms with Crippen molar-refractivity contribution in [2.45, 2.75) is 77.2 Å². The first-order valence-electron chi connectivity index (χ1n) is 20.2. The van der Waals surface area contributed by atoms with Gasteiger partial charge >= 0.3 is 320 Å². The summed E-state index contributed by atoms with van der Waals surface area (Å²) < 4.78 is 3.56. The Morgan fingerprint density at radius 1 is 0.585 bits per heavy atom. The summed E-state index contributed by atoms with van der Waals surface area (Å²) in [6, 6.07) is 56.0. The molecule has 0 N–H and O–H groups in total. The maximum atomic E-state index is 2.62. The molecule has 0 bridgehead atoms. The van der Waals surface area contributed by atoms with Crippen molar-refractivity contribution in [3.8, 4) is 11.1 Å². The molecule has 6 aromatic rings. The molecule has 0 fully saturated rings. The van der Waals surface area contributed by atoms with Crippen molar-refractivity contribution in [2.75, 3.05) is 0 Å². The quantitative estimate of drug-likeness (QED) is 0.0756. The van der Waals surface area contributed by atoms with Gasteiger partial charge < -0.3 is 0 Å². The van der Waals surface area contributed by atoms with Crippen molar-refractivity contribution in [1.29, 1.82) is 0 Å². The van der Waals surface area contributed by atoms with E-state index in [0.717, 1.165) is 6.42 Å². The van der Waals surface area contributed by atoms with Crippen LogP contribution in [0.25, 0.3) is 34.1 Å². The van der Waals surface area contributed by atoms with E-state index in [-0.39, 0.29) is 0 Å². The van der Waals surface area contributed by atoms with Crippen molar-refractivity contribution in [3.63, 3.8) is 0 Å². The first-order valence-corrected chi connectivity index (χ1v) is 34.2. The summed E-state index contributed by atoms with van der Waals surface area (Å²) in [5.74, 6) is -0.452. The van der Waals surface area contributed by atoms with E-state index in [1.165, 1.54) is 73.5 Å². The van der Waals surface area contributed by atoms with Crippen LogP contribution in [0.15, 0.2) is 157 Å². The predicted octanol–water partition coefficient (Wildman–Crippen LogP) is 13.3. The zero-order valence-electron chi connectivity index (χ0n) is 31.8. The van der Waals surface area contributed by atoms with Gasteiger partial charge in [-0.3, -0.25) is 0 Å². The van der Waals surface area contributed by atoms with Crippen LogP contribution in [0.2, 0.25) is 8.35 Å². The standard InChI is InChI=1S/C21H23.C14H11.C12H10Si.C4H9.Hf/c1-3-5-11-20-16(4-2)14-19-15-18(12-13-21(19)20)17-9-7-6-8-10-17;1-10-8-12-7-6-11-4-2-3-5-13(11)14(12)9-10;1-3-7-11(8-4-1)13-12-9-5-2-6-10-12;1-3-4-2;/h6-10,12-15,20H,1,3-5,11H2,2H3;2-9H,1H3;1-10H;1,3-4H2,2H3;. The Balaban J connectivity index is 1.17. The minimum atomic E-state index is -3.43. The fraction of sp³-hybridized carbons (Fsp3) is 0.255. The second kappa shape index (κ2) is 16.3. The fourth-order valence-electron chi connectivity index (χ4n) is 10.1. The third kappa shape index (κ3) is 7.10. The van der Waals surface area contributed by atoms with Gasteiger partial charge in [-0.25, -0.2) is 0 Å². The first-order chi connectivity index (χ1) is 26.1. The summed E-state index contributed by atoms with van der Waals surface area (Å²) in [5.41, 5.74) is 12.1. The number of hydrogen-bond acceptors (Lipinski definition) is 0. The molecule has 2 heteroatoms. The molecule has 8 rings (SSSR count). The number of unbranched alkanes of at least 4 members (excludes halogenated alkanes) is 2. The molecule has 0 nitrogen and oxygen atoms in total. The second-order valence-electron chi connectivity index (χ2n) is 15.6. The summed E-state index contributed by atoms with van der Waals surface area (Å²) in [6.45, 7) is 7.29. The predicted molar refractivity (Wildman–Crippen MR) is 230 cm³/mol. The van der Waals surface area contributed by atoms with E-state index < -0.39 is 25.1 Å². The van der Waals surface area contributed by atoms with Crippen LogP contribution in [0.5, 0.6) is 0 Å². The summed E-state index contributed by atoms with van der Waals surface area (Å²) in [5, 5.41) is 6.11. The molecule has 0 amide bonds. The van der Waals surface area contributed by atoms with Crippen molar-refractivity contribution in [2.24, 2.45) is 0 Å². The molecule has 265 valence electrons. The molecule has 3 unspecified atom stereocenters. The Hall–Kier alpha value is -3.85. The average Bonchev–Trinajstić information content (AvgIpc) is 3.76. The molecule has 6 aromatic carbocycles. The average molecular weight is 873 g/mol. The summed E-state index contributed by atoms with van der Waals surface area (Å²) in [4.78, 5) is 0. The molecule has 1 radical (unpaired) electrons. The molecule has 3 atom stereocenters. The molecule has 2 aliphatic rings.